The van der Waals surface area contributed by atoms with Crippen molar-refractivity contribution in [3.05, 3.63) is 0 Å². The van der Waals surface area contributed by atoms with Crippen LogP contribution in [0.25, 0.3) is 0 Å². The van der Waals surface area contributed by atoms with Gasteiger partial charge in [0.05, 0.1) is 0 Å². The summed E-state index contributed by atoms with van der Waals surface area (Å²) in [6, 6.07) is 1.43. The third kappa shape index (κ3) is 6.80. The molecule has 19 heavy (non-hydrogen) atoms. The second-order valence-corrected chi connectivity index (χ2v) is 12.5. The van der Waals surface area contributed by atoms with Crippen LogP contribution in [0.5, 0.6) is 0 Å². The molecule has 0 N–H and O–H groups in total. The van der Waals surface area contributed by atoms with Crippen molar-refractivity contribution in [1.29, 1.82) is 0 Å². The Kier molecular flexibility index (Phi) is 8.30. The molecule has 0 radical (unpaired) electrons. The minimum absolute atomic E-state index is 0.717. The Morgan fingerprint density at radius 2 is 1.21 bits per heavy atom. The number of rotatable bonds is 8. The Morgan fingerprint density at radius 1 is 0.842 bits per heavy atom. The summed E-state index contributed by atoms with van der Waals surface area (Å²) < 4.78 is 5.62. The van der Waals surface area contributed by atoms with Crippen molar-refractivity contribution in [3.8, 4) is 0 Å². The minimum atomic E-state index is -0.800. The molecular weight excluding hydrogens is 339 g/mol. The van der Waals surface area contributed by atoms with Crippen molar-refractivity contribution in [1.82, 2.24) is 15.6 Å². The maximum absolute atomic E-state index is 2.81. The fourth-order valence-electron chi connectivity index (χ4n) is 2.33. The van der Waals surface area contributed by atoms with E-state index in [1.54, 1.807) is 0 Å². The first-order valence-electron chi connectivity index (χ1n) is 7.67. The van der Waals surface area contributed by atoms with Crippen molar-refractivity contribution in [2.45, 2.75) is 38.8 Å². The van der Waals surface area contributed by atoms with Gasteiger partial charge in [0, 0.05) is 0 Å². The summed E-state index contributed by atoms with van der Waals surface area (Å²) >= 11 is -0.800. The maximum atomic E-state index is 2.81. The standard InChI is InChI=1S/C14H32N4.In.H/c1-13(17(3)4)7-9-15-11-12-16-10-8-14(2)18(5)6;;/h13-14H,7-12H2,1-6H3;;/q-2;+2;. The van der Waals surface area contributed by atoms with Crippen LogP contribution in [0.15, 0.2) is 0 Å². The van der Waals surface area contributed by atoms with Crippen LogP contribution in [-0.2, 0) is 0 Å². The molecule has 5 heteroatoms. The normalized spacial score (nSPS) is 21.1. The van der Waals surface area contributed by atoms with Gasteiger partial charge in [0.15, 0.2) is 0 Å². The third-order valence-corrected chi connectivity index (χ3v) is 10.5. The van der Waals surface area contributed by atoms with E-state index < -0.39 is 23.5 Å². The molecule has 112 valence electrons. The Hall–Kier alpha value is 0.710. The van der Waals surface area contributed by atoms with E-state index in [2.05, 4.69) is 57.6 Å². The van der Waals surface area contributed by atoms with E-state index in [-0.39, 0.29) is 0 Å². The van der Waals surface area contributed by atoms with Crippen LogP contribution in [0.2, 0.25) is 0 Å². The van der Waals surface area contributed by atoms with Crippen LogP contribution in [-0.4, -0.2) is 106 Å². The van der Waals surface area contributed by atoms with E-state index in [0.29, 0.717) is 12.1 Å². The molecule has 0 amide bonds. The van der Waals surface area contributed by atoms with Crippen LogP contribution in [0.1, 0.15) is 26.7 Å². The van der Waals surface area contributed by atoms with Crippen molar-refractivity contribution in [2.75, 3.05) is 54.4 Å². The predicted octanol–water partition coefficient (Wildman–Crippen LogP) is 0.551. The van der Waals surface area contributed by atoms with E-state index in [9.17, 15) is 0 Å². The SMILES string of the molecule is CC(CC[N]1CC[N](CCC(C)N(C)C)[InH]1)N(C)C. The Labute approximate surface area is 132 Å². The van der Waals surface area contributed by atoms with Gasteiger partial charge in [-0.15, -0.1) is 0 Å². The van der Waals surface area contributed by atoms with Crippen LogP contribution < -0.4 is 0 Å². The van der Waals surface area contributed by atoms with Gasteiger partial charge in [-0.3, -0.25) is 0 Å². The quantitative estimate of drug-likeness (QED) is 0.617. The van der Waals surface area contributed by atoms with Crippen molar-refractivity contribution in [3.63, 3.8) is 0 Å². The monoisotopic (exact) mass is 372 g/mol. The van der Waals surface area contributed by atoms with Crippen LogP contribution in [0.4, 0.5) is 0 Å². The van der Waals surface area contributed by atoms with Crippen LogP contribution in [0, 0.1) is 0 Å². The molecule has 1 aliphatic heterocycles. The summed E-state index contributed by atoms with van der Waals surface area (Å²) in [5.74, 6) is 0. The van der Waals surface area contributed by atoms with Gasteiger partial charge in [-0.25, -0.2) is 0 Å². The zero-order valence-electron chi connectivity index (χ0n) is 13.9. The molecule has 2 atom stereocenters. The summed E-state index contributed by atoms with van der Waals surface area (Å²) in [6.07, 6.45) is 2.65. The van der Waals surface area contributed by atoms with Gasteiger partial charge in [0.1, 0.15) is 0 Å². The van der Waals surface area contributed by atoms with Crippen molar-refractivity contribution >= 4 is 23.5 Å². The summed E-state index contributed by atoms with van der Waals surface area (Å²) in [5, 5.41) is 0. The number of hydrogen-bond acceptors (Lipinski definition) is 4. The van der Waals surface area contributed by atoms with Crippen LogP contribution >= 0.6 is 0 Å². The molecule has 0 aromatic heterocycles. The molecule has 0 spiro atoms. The van der Waals surface area contributed by atoms with E-state index in [1.807, 2.05) is 0 Å². The summed E-state index contributed by atoms with van der Waals surface area (Å²) in [4.78, 5) is 4.67. The molecule has 0 bridgehead atoms. The molecule has 0 aromatic carbocycles. The molecule has 1 heterocycles. The Morgan fingerprint density at radius 3 is 1.53 bits per heavy atom. The second-order valence-electron chi connectivity index (χ2n) is 6.58. The van der Waals surface area contributed by atoms with Gasteiger partial charge < -0.3 is 0 Å². The zero-order valence-corrected chi connectivity index (χ0v) is 17.9. The molecule has 0 saturated carbocycles. The van der Waals surface area contributed by atoms with E-state index in [0.717, 1.165) is 0 Å². The summed E-state index contributed by atoms with van der Waals surface area (Å²) in [6.45, 7) is 10.0. The van der Waals surface area contributed by atoms with E-state index in [4.69, 9.17) is 0 Å². The molecule has 0 aromatic rings. The second kappa shape index (κ2) is 8.88. The molecule has 2 unspecified atom stereocenters. The molecule has 1 aliphatic rings. The first kappa shape index (κ1) is 17.8. The van der Waals surface area contributed by atoms with Gasteiger partial charge in [-0.1, -0.05) is 0 Å². The average molecular weight is 372 g/mol. The number of hydrogen-bond donors (Lipinski definition) is 0. The average Bonchev–Trinajstić information content (AvgIpc) is 2.80. The fraction of sp³-hybridized carbons (Fsp3) is 1.00. The van der Waals surface area contributed by atoms with Gasteiger partial charge in [-0.2, -0.15) is 0 Å². The predicted molar refractivity (Wildman–Crippen MR) is 85.8 cm³/mol. The summed E-state index contributed by atoms with van der Waals surface area (Å²) in [7, 11) is 8.75. The van der Waals surface area contributed by atoms with Crippen LogP contribution in [0.3, 0.4) is 0 Å². The molecule has 1 fully saturated rings. The summed E-state index contributed by atoms with van der Waals surface area (Å²) in [5.41, 5.74) is 0. The number of nitrogens with zero attached hydrogens (tertiary/aromatic N) is 4. The first-order valence-corrected chi connectivity index (χ1v) is 11.3. The van der Waals surface area contributed by atoms with Crippen molar-refractivity contribution in [2.24, 2.45) is 0 Å². The van der Waals surface area contributed by atoms with E-state index >= 15 is 0 Å². The molecule has 1 saturated heterocycles. The molecule has 4 nitrogen and oxygen atoms in total. The van der Waals surface area contributed by atoms with Gasteiger partial charge in [0.25, 0.3) is 0 Å². The molecule has 0 aliphatic carbocycles. The van der Waals surface area contributed by atoms with Crippen molar-refractivity contribution < 1.29 is 0 Å². The Bertz CT molecular complexity index is 224. The zero-order chi connectivity index (χ0) is 14.4. The van der Waals surface area contributed by atoms with Gasteiger partial charge >= 0.3 is 132 Å². The van der Waals surface area contributed by atoms with Gasteiger partial charge in [0.2, 0.25) is 0 Å². The third-order valence-electron chi connectivity index (χ3n) is 4.62. The first-order chi connectivity index (χ1) is 8.90. The van der Waals surface area contributed by atoms with E-state index in [1.165, 1.54) is 39.0 Å². The molecule has 1 rings (SSSR count). The van der Waals surface area contributed by atoms with Gasteiger partial charge in [-0.05, 0) is 0 Å². The molecular formula is C14H33InN4. The Balaban J connectivity index is 2.16. The fourth-order valence-corrected chi connectivity index (χ4v) is 7.41. The topological polar surface area (TPSA) is 13.0 Å².